The quantitative estimate of drug-likeness (QED) is 0.474. The van der Waals surface area contributed by atoms with Gasteiger partial charge in [-0.05, 0) is 66.0 Å². The van der Waals surface area contributed by atoms with Gasteiger partial charge in [-0.1, -0.05) is 48.0 Å². The van der Waals surface area contributed by atoms with E-state index in [1.807, 2.05) is 43.3 Å². The molecule has 3 aromatic rings. The smallest absolute Gasteiger partial charge is 0.321 e. The molecule has 1 aliphatic carbocycles. The highest BCUT2D eigenvalue weighted by Crippen LogP contribution is 2.56. The van der Waals surface area contributed by atoms with Crippen LogP contribution < -0.4 is 9.04 Å². The first kappa shape index (κ1) is 22.9. The summed E-state index contributed by atoms with van der Waals surface area (Å²) in [7, 11) is -1.03. The molecule has 0 bridgehead atoms. The molecule has 2 aliphatic rings. The van der Waals surface area contributed by atoms with Gasteiger partial charge in [0.2, 0.25) is 0 Å². The molecular formula is C28H25NO5S. The van der Waals surface area contributed by atoms with Crippen LogP contribution >= 0.6 is 0 Å². The zero-order valence-corrected chi connectivity index (χ0v) is 20.5. The van der Waals surface area contributed by atoms with Gasteiger partial charge in [0.1, 0.15) is 11.2 Å². The van der Waals surface area contributed by atoms with Crippen LogP contribution in [0.3, 0.4) is 0 Å². The molecule has 0 N–H and O–H groups in total. The Hall–Kier alpha value is -3.84. The summed E-state index contributed by atoms with van der Waals surface area (Å²) in [5.74, 6) is 0.151. The van der Waals surface area contributed by atoms with Crippen molar-refractivity contribution >= 4 is 27.8 Å². The number of aryl methyl sites for hydroxylation is 1. The van der Waals surface area contributed by atoms with E-state index in [1.54, 1.807) is 48.7 Å². The van der Waals surface area contributed by atoms with E-state index in [2.05, 4.69) is 0 Å². The fourth-order valence-corrected chi connectivity index (χ4v) is 6.17. The molecule has 1 heterocycles. The van der Waals surface area contributed by atoms with E-state index >= 15 is 0 Å². The van der Waals surface area contributed by atoms with E-state index in [0.717, 1.165) is 22.3 Å². The highest BCUT2D eigenvalue weighted by Gasteiger charge is 2.55. The molecule has 0 radical (unpaired) electrons. The first-order valence-corrected chi connectivity index (χ1v) is 12.6. The van der Waals surface area contributed by atoms with Gasteiger partial charge < -0.3 is 9.47 Å². The Morgan fingerprint density at radius 2 is 1.69 bits per heavy atom. The van der Waals surface area contributed by atoms with Gasteiger partial charge in [-0.25, -0.2) is 12.7 Å². The average Bonchev–Trinajstić information content (AvgIpc) is 3.00. The predicted octanol–water partition coefficient (Wildman–Crippen LogP) is 4.99. The first-order valence-electron chi connectivity index (χ1n) is 11.2. The van der Waals surface area contributed by atoms with Crippen molar-refractivity contribution in [2.75, 3.05) is 18.5 Å². The zero-order chi connectivity index (χ0) is 24.8. The van der Waals surface area contributed by atoms with Crippen molar-refractivity contribution in [3.05, 3.63) is 107 Å². The minimum atomic E-state index is -3.94. The molecule has 1 unspecified atom stereocenters. The van der Waals surface area contributed by atoms with Crippen molar-refractivity contribution in [3.8, 4) is 5.75 Å². The minimum absolute atomic E-state index is 0.179. The minimum Gasteiger partial charge on any atom is -0.497 e. The van der Waals surface area contributed by atoms with Crippen LogP contribution in [0.15, 0.2) is 95.0 Å². The van der Waals surface area contributed by atoms with Crippen molar-refractivity contribution in [2.24, 2.45) is 0 Å². The molecular weight excluding hydrogens is 462 g/mol. The number of anilines is 1. The molecule has 1 aliphatic heterocycles. The van der Waals surface area contributed by atoms with E-state index in [-0.39, 0.29) is 10.9 Å². The first-order chi connectivity index (χ1) is 16.8. The Kier molecular flexibility index (Phi) is 5.52. The van der Waals surface area contributed by atoms with Crippen LogP contribution in [-0.2, 0) is 25.0 Å². The number of sulfonamides is 1. The van der Waals surface area contributed by atoms with Crippen molar-refractivity contribution in [3.63, 3.8) is 0 Å². The summed E-state index contributed by atoms with van der Waals surface area (Å²) in [5, 5.41) is 0. The van der Waals surface area contributed by atoms with Gasteiger partial charge in [0.25, 0.3) is 10.0 Å². The van der Waals surface area contributed by atoms with E-state index in [9.17, 15) is 13.2 Å². The summed E-state index contributed by atoms with van der Waals surface area (Å²) < 4.78 is 39.6. The third kappa shape index (κ3) is 3.54. The van der Waals surface area contributed by atoms with E-state index in [0.29, 0.717) is 23.4 Å². The van der Waals surface area contributed by atoms with Gasteiger partial charge in [-0.2, -0.15) is 0 Å². The van der Waals surface area contributed by atoms with E-state index in [1.165, 1.54) is 18.5 Å². The Labute approximate surface area is 205 Å². The summed E-state index contributed by atoms with van der Waals surface area (Å²) in [6.07, 6.45) is 3.83. The fraction of sp³-hybridized carbons (Fsp3) is 0.179. The summed E-state index contributed by atoms with van der Waals surface area (Å²) in [4.78, 5) is 13.4. The van der Waals surface area contributed by atoms with Gasteiger partial charge in [0.15, 0.2) is 0 Å². The van der Waals surface area contributed by atoms with Crippen LogP contribution in [-0.4, -0.2) is 28.6 Å². The van der Waals surface area contributed by atoms with E-state index in [4.69, 9.17) is 9.47 Å². The Bertz CT molecular complexity index is 1470. The summed E-state index contributed by atoms with van der Waals surface area (Å²) in [6.45, 7) is 1.91. The normalized spacial score (nSPS) is 18.8. The van der Waals surface area contributed by atoms with Crippen molar-refractivity contribution in [1.29, 1.82) is 0 Å². The number of esters is 1. The average molecular weight is 488 g/mol. The highest BCUT2D eigenvalue weighted by atomic mass is 32.2. The third-order valence-electron chi connectivity index (χ3n) is 6.69. The monoisotopic (exact) mass is 487 g/mol. The molecule has 3 aromatic carbocycles. The number of hydrogen-bond donors (Lipinski definition) is 0. The van der Waals surface area contributed by atoms with Crippen molar-refractivity contribution < 1.29 is 22.7 Å². The lowest BCUT2D eigenvalue weighted by Gasteiger charge is -2.44. The van der Waals surface area contributed by atoms with Gasteiger partial charge in [0.05, 0.1) is 24.8 Å². The van der Waals surface area contributed by atoms with Gasteiger partial charge >= 0.3 is 5.97 Å². The largest absolute Gasteiger partial charge is 0.497 e. The molecule has 0 amide bonds. The Balaban J connectivity index is 1.73. The van der Waals surface area contributed by atoms with Crippen LogP contribution in [0.1, 0.15) is 23.1 Å². The summed E-state index contributed by atoms with van der Waals surface area (Å²) in [6, 6.07) is 21.5. The van der Waals surface area contributed by atoms with Crippen molar-refractivity contribution in [2.45, 2.75) is 23.7 Å². The number of fused-ring (bicyclic) bond motifs is 2. The second kappa shape index (κ2) is 8.43. The Morgan fingerprint density at radius 1 is 0.971 bits per heavy atom. The van der Waals surface area contributed by atoms with Crippen LogP contribution in [0, 0.1) is 6.92 Å². The second-order valence-corrected chi connectivity index (χ2v) is 10.5. The number of rotatable bonds is 5. The number of carbonyl (C=O) groups excluding carboxylic acids is 1. The second-order valence-electron chi connectivity index (χ2n) is 8.69. The summed E-state index contributed by atoms with van der Waals surface area (Å²) in [5.41, 5.74) is 3.35. The number of hydrogen-bond acceptors (Lipinski definition) is 5. The molecule has 1 saturated carbocycles. The third-order valence-corrected chi connectivity index (χ3v) is 8.38. The lowest BCUT2D eigenvalue weighted by atomic mass is 9.57. The maximum atomic E-state index is 13.8. The maximum absolute atomic E-state index is 13.8. The number of allylic oxidation sites excluding steroid dienone is 1. The SMILES string of the molecule is COC(=O)C1(c2ccccc2)CC2=CN(S(=O)(=O)c3ccc(C)cc3)c3cc(OC)ccc3C=C21. The fourth-order valence-electron chi connectivity index (χ4n) is 4.78. The molecule has 0 spiro atoms. The number of benzene rings is 3. The van der Waals surface area contributed by atoms with Gasteiger partial charge in [-0.3, -0.25) is 4.79 Å². The maximum Gasteiger partial charge on any atom is 0.321 e. The number of carbonyl (C=O) groups is 1. The molecule has 0 aromatic heterocycles. The predicted molar refractivity (Wildman–Crippen MR) is 135 cm³/mol. The summed E-state index contributed by atoms with van der Waals surface area (Å²) >= 11 is 0. The molecule has 6 nitrogen and oxygen atoms in total. The van der Waals surface area contributed by atoms with Crippen LogP contribution in [0.4, 0.5) is 5.69 Å². The van der Waals surface area contributed by atoms with Crippen LogP contribution in [0.25, 0.3) is 6.08 Å². The zero-order valence-electron chi connectivity index (χ0n) is 19.7. The standard InChI is InChI=1S/C28H25NO5S/c1-19-9-13-24(14-10-19)35(31,32)29-18-21-17-28(27(30)34-3,22-7-5-4-6-8-22)25(21)15-20-11-12-23(33-2)16-26(20)29/h4-16,18H,17H2,1-3H3. The molecule has 5 rings (SSSR count). The number of ether oxygens (including phenoxy) is 2. The Morgan fingerprint density at radius 3 is 2.34 bits per heavy atom. The lowest BCUT2D eigenvalue weighted by molar-refractivity contribution is -0.147. The number of nitrogens with zero attached hydrogens (tertiary/aromatic N) is 1. The van der Waals surface area contributed by atoms with Gasteiger partial charge in [0, 0.05) is 12.3 Å². The molecule has 7 heteroatoms. The topological polar surface area (TPSA) is 72.9 Å². The lowest BCUT2D eigenvalue weighted by Crippen LogP contribution is -2.47. The van der Waals surface area contributed by atoms with Crippen LogP contribution in [0.5, 0.6) is 5.75 Å². The molecule has 1 fully saturated rings. The van der Waals surface area contributed by atoms with E-state index < -0.39 is 15.4 Å². The van der Waals surface area contributed by atoms with Crippen LogP contribution in [0.2, 0.25) is 0 Å². The van der Waals surface area contributed by atoms with Gasteiger partial charge in [-0.15, -0.1) is 0 Å². The highest BCUT2D eigenvalue weighted by molar-refractivity contribution is 7.93. The molecule has 0 saturated heterocycles. The molecule has 178 valence electrons. The van der Waals surface area contributed by atoms with Crippen molar-refractivity contribution in [1.82, 2.24) is 0 Å². The molecule has 35 heavy (non-hydrogen) atoms. The number of methoxy groups -OCH3 is 2. The molecule has 1 atom stereocenters.